The molecule has 1 heterocycles. The average Bonchev–Trinajstić information content (AvgIpc) is 3.21. The molecule has 0 saturated carbocycles. The second kappa shape index (κ2) is 5.98. The van der Waals surface area contributed by atoms with Crippen LogP contribution in [0.4, 0.5) is 11.5 Å². The third-order valence-corrected chi connectivity index (χ3v) is 4.35. The van der Waals surface area contributed by atoms with Gasteiger partial charge in [-0.05, 0) is 35.7 Å². The lowest BCUT2D eigenvalue weighted by molar-refractivity contribution is 0.395. The smallest absolute Gasteiger partial charge is 0.146 e. The Kier molecular flexibility index (Phi) is 3.65. The standard InChI is InChI=1S/C19H19N3O3/c1-23-12-5-4-11-8-15-18(14(11)9-12)21-22-19(15)20-16-7-6-13(24-2)10-17(16)25-3/h4-10,20-22H,1-3H3. The Morgan fingerprint density at radius 3 is 2.32 bits per heavy atom. The van der Waals surface area contributed by atoms with Gasteiger partial charge in [-0.1, -0.05) is 6.07 Å². The molecule has 6 nitrogen and oxygen atoms in total. The Morgan fingerprint density at radius 1 is 0.800 bits per heavy atom. The van der Waals surface area contributed by atoms with Crippen molar-refractivity contribution in [3.8, 4) is 28.5 Å². The predicted molar refractivity (Wildman–Crippen MR) is 98.7 cm³/mol. The number of rotatable bonds is 5. The van der Waals surface area contributed by atoms with Gasteiger partial charge in [0.05, 0.1) is 32.7 Å². The van der Waals surface area contributed by atoms with E-state index in [2.05, 4.69) is 27.6 Å². The van der Waals surface area contributed by atoms with Gasteiger partial charge in [-0.2, -0.15) is 0 Å². The third kappa shape index (κ3) is 2.52. The van der Waals surface area contributed by atoms with Crippen molar-refractivity contribution in [1.82, 2.24) is 10.2 Å². The van der Waals surface area contributed by atoms with E-state index in [4.69, 9.17) is 14.2 Å². The highest BCUT2D eigenvalue weighted by molar-refractivity contribution is 6.04. The normalized spacial score (nSPS) is 11.0. The maximum atomic E-state index is 5.45. The first-order valence-corrected chi connectivity index (χ1v) is 7.89. The quantitative estimate of drug-likeness (QED) is 0.506. The number of hydrogen-bond acceptors (Lipinski definition) is 4. The van der Waals surface area contributed by atoms with Gasteiger partial charge in [-0.25, -0.2) is 0 Å². The average molecular weight is 337 g/mol. The number of benzene rings is 2. The molecule has 6 heteroatoms. The summed E-state index contributed by atoms with van der Waals surface area (Å²) in [7, 11) is 4.94. The molecule has 2 aliphatic rings. The summed E-state index contributed by atoms with van der Waals surface area (Å²) in [5, 5.41) is 12.1. The number of methoxy groups -OCH3 is 3. The number of fused-ring (bicyclic) bond motifs is 3. The zero-order chi connectivity index (χ0) is 17.4. The van der Waals surface area contributed by atoms with Crippen LogP contribution in [0.15, 0.2) is 42.5 Å². The Hall–Kier alpha value is -3.28. The van der Waals surface area contributed by atoms with Gasteiger partial charge in [0.2, 0.25) is 0 Å². The highest BCUT2D eigenvalue weighted by atomic mass is 16.5. The van der Waals surface area contributed by atoms with Gasteiger partial charge in [-0.3, -0.25) is 10.2 Å². The summed E-state index contributed by atoms with van der Waals surface area (Å²) in [5.74, 6) is 3.16. The van der Waals surface area contributed by atoms with Crippen LogP contribution < -0.4 is 19.5 Å². The Bertz CT molecular complexity index is 1000. The van der Waals surface area contributed by atoms with Crippen LogP contribution in [-0.2, 0) is 0 Å². The Morgan fingerprint density at radius 2 is 1.56 bits per heavy atom. The Labute approximate surface area is 145 Å². The van der Waals surface area contributed by atoms with Gasteiger partial charge in [0.1, 0.15) is 23.1 Å². The number of aromatic amines is 2. The van der Waals surface area contributed by atoms with Crippen LogP contribution in [0.3, 0.4) is 0 Å². The van der Waals surface area contributed by atoms with Crippen LogP contribution >= 0.6 is 0 Å². The summed E-state index contributed by atoms with van der Waals surface area (Å²) in [5.41, 5.74) is 2.95. The van der Waals surface area contributed by atoms with E-state index in [0.717, 1.165) is 45.0 Å². The number of ether oxygens (including phenoxy) is 3. The van der Waals surface area contributed by atoms with E-state index in [-0.39, 0.29) is 0 Å². The molecule has 0 fully saturated rings. The van der Waals surface area contributed by atoms with Crippen LogP contribution in [0.25, 0.3) is 22.0 Å². The van der Waals surface area contributed by atoms with Crippen LogP contribution in [0.1, 0.15) is 0 Å². The van der Waals surface area contributed by atoms with Crippen molar-refractivity contribution in [3.63, 3.8) is 0 Å². The minimum atomic E-state index is 0.708. The fraction of sp³-hybridized carbons (Fsp3) is 0.158. The molecule has 4 rings (SSSR count). The third-order valence-electron chi connectivity index (χ3n) is 4.35. The van der Waals surface area contributed by atoms with Gasteiger partial charge >= 0.3 is 0 Å². The fourth-order valence-electron chi connectivity index (χ4n) is 3.04. The molecule has 25 heavy (non-hydrogen) atoms. The van der Waals surface area contributed by atoms with Gasteiger partial charge < -0.3 is 19.5 Å². The molecular weight excluding hydrogens is 318 g/mol. The maximum Gasteiger partial charge on any atom is 0.146 e. The largest absolute Gasteiger partial charge is 0.497 e. The lowest BCUT2D eigenvalue weighted by Crippen LogP contribution is -1.96. The molecule has 0 saturated heterocycles. The lowest BCUT2D eigenvalue weighted by atomic mass is 10.2. The highest BCUT2D eigenvalue weighted by Crippen LogP contribution is 2.41. The van der Waals surface area contributed by atoms with Gasteiger partial charge in [0.15, 0.2) is 0 Å². The maximum absolute atomic E-state index is 5.45. The van der Waals surface area contributed by atoms with Crippen molar-refractivity contribution >= 4 is 22.3 Å². The summed E-state index contributed by atoms with van der Waals surface area (Å²) in [4.78, 5) is 0. The molecule has 0 bridgehead atoms. The minimum Gasteiger partial charge on any atom is -0.497 e. The van der Waals surface area contributed by atoms with E-state index in [9.17, 15) is 0 Å². The number of H-pyrrole nitrogens is 2. The number of anilines is 2. The van der Waals surface area contributed by atoms with E-state index in [0.29, 0.717) is 5.75 Å². The zero-order valence-corrected chi connectivity index (χ0v) is 14.3. The molecule has 0 unspecified atom stereocenters. The van der Waals surface area contributed by atoms with Crippen LogP contribution in [0.5, 0.6) is 17.2 Å². The summed E-state index contributed by atoms with van der Waals surface area (Å²) in [6, 6.07) is 13.8. The summed E-state index contributed by atoms with van der Waals surface area (Å²) < 4.78 is 16.0. The molecule has 0 aromatic heterocycles. The SMILES string of the molecule is COc1ccc(Nc2[nH][nH]c3c4cc(OC)ccc4cc2-3)c(OC)c1. The van der Waals surface area contributed by atoms with Crippen molar-refractivity contribution in [2.75, 3.05) is 26.6 Å². The van der Waals surface area contributed by atoms with Gasteiger partial charge in [0.25, 0.3) is 0 Å². The van der Waals surface area contributed by atoms with Crippen molar-refractivity contribution in [2.45, 2.75) is 0 Å². The topological polar surface area (TPSA) is 71.3 Å². The summed E-state index contributed by atoms with van der Waals surface area (Å²) >= 11 is 0. The molecule has 2 aromatic rings. The first-order valence-electron chi connectivity index (χ1n) is 7.89. The highest BCUT2D eigenvalue weighted by Gasteiger charge is 2.18. The molecule has 1 aliphatic heterocycles. The van der Waals surface area contributed by atoms with Crippen molar-refractivity contribution in [3.05, 3.63) is 42.5 Å². The molecule has 2 aromatic carbocycles. The molecular formula is C19H19N3O3. The molecule has 0 atom stereocenters. The van der Waals surface area contributed by atoms with Gasteiger partial charge in [0, 0.05) is 17.0 Å². The number of hydrogen-bond donors (Lipinski definition) is 3. The number of aromatic nitrogens is 2. The molecule has 0 spiro atoms. The lowest BCUT2D eigenvalue weighted by Gasteiger charge is -2.11. The van der Waals surface area contributed by atoms with Gasteiger partial charge in [-0.15, -0.1) is 0 Å². The van der Waals surface area contributed by atoms with Crippen molar-refractivity contribution in [1.29, 1.82) is 0 Å². The first kappa shape index (κ1) is 15.3. The Balaban J connectivity index is 1.73. The van der Waals surface area contributed by atoms with Crippen LogP contribution in [0.2, 0.25) is 0 Å². The number of nitrogens with one attached hydrogen (secondary N) is 3. The van der Waals surface area contributed by atoms with E-state index >= 15 is 0 Å². The molecule has 0 amide bonds. The monoisotopic (exact) mass is 337 g/mol. The zero-order valence-electron chi connectivity index (χ0n) is 14.3. The first-order chi connectivity index (χ1) is 12.2. The van der Waals surface area contributed by atoms with Crippen LogP contribution in [-0.4, -0.2) is 31.5 Å². The molecule has 1 aliphatic carbocycles. The minimum absolute atomic E-state index is 0.708. The molecule has 0 radical (unpaired) electrons. The van der Waals surface area contributed by atoms with Crippen molar-refractivity contribution in [2.24, 2.45) is 0 Å². The molecule has 128 valence electrons. The van der Waals surface area contributed by atoms with Crippen molar-refractivity contribution < 1.29 is 14.2 Å². The van der Waals surface area contributed by atoms with E-state index in [1.807, 2.05) is 30.3 Å². The fourth-order valence-corrected chi connectivity index (χ4v) is 3.04. The second-order valence-corrected chi connectivity index (χ2v) is 5.70. The van der Waals surface area contributed by atoms with E-state index in [1.54, 1.807) is 21.3 Å². The predicted octanol–water partition coefficient (Wildman–Crippen LogP) is 4.37. The van der Waals surface area contributed by atoms with E-state index < -0.39 is 0 Å². The van der Waals surface area contributed by atoms with E-state index in [1.165, 1.54) is 0 Å². The second-order valence-electron chi connectivity index (χ2n) is 5.70. The summed E-state index contributed by atoms with van der Waals surface area (Å²) in [6.07, 6.45) is 0. The van der Waals surface area contributed by atoms with Crippen LogP contribution in [0, 0.1) is 0 Å². The summed E-state index contributed by atoms with van der Waals surface area (Å²) in [6.45, 7) is 0. The molecule has 3 N–H and O–H groups in total.